The van der Waals surface area contributed by atoms with E-state index in [4.69, 9.17) is 16.3 Å². The number of amides is 1. The summed E-state index contributed by atoms with van der Waals surface area (Å²) in [5.41, 5.74) is 0.927. The lowest BCUT2D eigenvalue weighted by molar-refractivity contribution is -0.120. The maximum atomic E-state index is 11.5. The summed E-state index contributed by atoms with van der Waals surface area (Å²) < 4.78 is 4.84. The van der Waals surface area contributed by atoms with Crippen LogP contribution < -0.4 is 5.32 Å². The molecule has 0 radical (unpaired) electrons. The molecule has 0 aliphatic carbocycles. The van der Waals surface area contributed by atoms with E-state index in [9.17, 15) is 4.79 Å². The lowest BCUT2D eigenvalue weighted by Crippen LogP contribution is -2.28. The molecule has 1 rings (SSSR count). The normalized spacial score (nSPS) is 10.1. The van der Waals surface area contributed by atoms with Crippen molar-refractivity contribution in [3.8, 4) is 0 Å². The zero-order chi connectivity index (χ0) is 12.7. The fourth-order valence-corrected chi connectivity index (χ4v) is 1.46. The van der Waals surface area contributed by atoms with E-state index in [1.54, 1.807) is 19.2 Å². The highest BCUT2D eigenvalue weighted by Gasteiger charge is 2.11. The second kappa shape index (κ2) is 7.20. The molecule has 0 atom stereocenters. The number of methoxy groups -OCH3 is 1. The minimum absolute atomic E-state index is 0.0537. The second-order valence-electron chi connectivity index (χ2n) is 3.63. The maximum Gasteiger partial charge on any atom is 0.234 e. The van der Waals surface area contributed by atoms with Crippen molar-refractivity contribution in [3.05, 3.63) is 47.7 Å². The quantitative estimate of drug-likeness (QED) is 0.624. The Morgan fingerprint density at radius 2 is 2.12 bits per heavy atom. The van der Waals surface area contributed by atoms with Crippen molar-refractivity contribution < 1.29 is 9.53 Å². The molecule has 0 saturated heterocycles. The fourth-order valence-electron chi connectivity index (χ4n) is 1.34. The Bertz CT molecular complexity index is 351. The van der Waals surface area contributed by atoms with E-state index in [-0.39, 0.29) is 12.3 Å². The van der Waals surface area contributed by atoms with Gasteiger partial charge in [-0.3, -0.25) is 11.7 Å². The third-order valence-corrected chi connectivity index (χ3v) is 2.51. The molecule has 4 heteroatoms. The third-order valence-electron chi connectivity index (χ3n) is 2.25. The maximum absolute atomic E-state index is 11.5. The minimum atomic E-state index is -0.0537. The van der Waals surface area contributed by atoms with Crippen LogP contribution in [0.1, 0.15) is 12.0 Å². The number of ether oxygens (including phenoxy) is 1. The van der Waals surface area contributed by atoms with E-state index in [1.807, 2.05) is 12.1 Å². The van der Waals surface area contributed by atoms with Gasteiger partial charge in [-0.1, -0.05) is 11.6 Å². The van der Waals surface area contributed by atoms with Crippen LogP contribution in [0.3, 0.4) is 0 Å². The highest BCUT2D eigenvalue weighted by Crippen LogP contribution is 2.19. The van der Waals surface area contributed by atoms with Crippen LogP contribution in [0.25, 0.3) is 0 Å². The average molecular weight is 254 g/mol. The van der Waals surface area contributed by atoms with Crippen molar-refractivity contribution in [3.63, 3.8) is 0 Å². The number of hydrogen-bond acceptors (Lipinski definition) is 2. The minimum Gasteiger partial charge on any atom is -0.383 e. The van der Waals surface area contributed by atoms with Gasteiger partial charge >= 0.3 is 0 Å². The molecule has 1 aromatic rings. The smallest absolute Gasteiger partial charge is 0.234 e. The van der Waals surface area contributed by atoms with Crippen LogP contribution in [0.5, 0.6) is 0 Å². The molecule has 0 spiro atoms. The first-order valence-corrected chi connectivity index (χ1v) is 5.70. The number of carbonyl (C=O) groups excluding carboxylic acids is 1. The van der Waals surface area contributed by atoms with Crippen LogP contribution in [0, 0.1) is 12.8 Å². The largest absolute Gasteiger partial charge is 0.383 e. The van der Waals surface area contributed by atoms with Gasteiger partial charge in [-0.15, -0.1) is 5.92 Å². The molecule has 92 valence electrons. The summed E-state index contributed by atoms with van der Waals surface area (Å²) in [7, 11) is 1.60. The van der Waals surface area contributed by atoms with Crippen molar-refractivity contribution in [1.29, 1.82) is 0 Å². The standard InChI is InChI=1S/C13H16ClNO2/c1-10(9-13(16)15-7-8-17-2)11-3-5-12(14)6-4-11/h3-6H,1,7-9H2,2H3,(H,15,16). The van der Waals surface area contributed by atoms with Gasteiger partial charge in [0.25, 0.3) is 0 Å². The molecule has 0 unspecified atom stereocenters. The Kier molecular flexibility index (Phi) is 5.87. The van der Waals surface area contributed by atoms with Gasteiger partial charge in [0.2, 0.25) is 5.91 Å². The van der Waals surface area contributed by atoms with Crippen LogP contribution in [0.2, 0.25) is 5.02 Å². The Hall–Kier alpha value is -1.19. The second-order valence-corrected chi connectivity index (χ2v) is 4.07. The number of nitrogens with one attached hydrogen (secondary N) is 1. The first-order chi connectivity index (χ1) is 8.13. The highest BCUT2D eigenvalue weighted by atomic mass is 35.5. The number of benzene rings is 1. The molecule has 0 fully saturated rings. The highest BCUT2D eigenvalue weighted by molar-refractivity contribution is 6.30. The van der Waals surface area contributed by atoms with Gasteiger partial charge in [0.05, 0.1) is 18.1 Å². The molecule has 17 heavy (non-hydrogen) atoms. The average Bonchev–Trinajstić information content (AvgIpc) is 2.30. The Labute approximate surface area is 107 Å². The van der Waals surface area contributed by atoms with Crippen LogP contribution in [0.4, 0.5) is 0 Å². The molecule has 1 N–H and O–H groups in total. The molecule has 3 nitrogen and oxygen atoms in total. The number of rotatable bonds is 6. The van der Waals surface area contributed by atoms with Gasteiger partial charge in [-0.05, 0) is 0 Å². The van der Waals surface area contributed by atoms with Crippen molar-refractivity contribution >= 4 is 17.5 Å². The van der Waals surface area contributed by atoms with Gasteiger partial charge in [0.15, 0.2) is 0 Å². The predicted molar refractivity (Wildman–Crippen MR) is 68.7 cm³/mol. The monoisotopic (exact) mass is 253 g/mol. The van der Waals surface area contributed by atoms with E-state index in [2.05, 4.69) is 12.2 Å². The van der Waals surface area contributed by atoms with Crippen LogP contribution in [-0.2, 0) is 9.53 Å². The molecular weight excluding hydrogens is 238 g/mol. The first-order valence-electron chi connectivity index (χ1n) is 5.33. The zero-order valence-corrected chi connectivity index (χ0v) is 10.6. The molecule has 1 amide bonds. The molecule has 0 bridgehead atoms. The number of hydrogen-bond donors (Lipinski definition) is 1. The van der Waals surface area contributed by atoms with Gasteiger partial charge in [0, 0.05) is 37.9 Å². The SMILES string of the molecule is [CH2-][C+](CC(=O)NCCOC)c1ccc(Cl)cc1. The van der Waals surface area contributed by atoms with Crippen LogP contribution >= 0.6 is 11.6 Å². The van der Waals surface area contributed by atoms with E-state index >= 15 is 0 Å². The van der Waals surface area contributed by atoms with Crippen molar-refractivity contribution in [1.82, 2.24) is 5.32 Å². The van der Waals surface area contributed by atoms with Crippen molar-refractivity contribution in [2.24, 2.45) is 0 Å². The lowest BCUT2D eigenvalue weighted by atomic mass is 9.97. The molecule has 0 aromatic heterocycles. The topological polar surface area (TPSA) is 38.3 Å². The number of halogens is 1. The summed E-state index contributed by atoms with van der Waals surface area (Å²) in [5, 5.41) is 3.42. The van der Waals surface area contributed by atoms with E-state index in [1.165, 1.54) is 0 Å². The first kappa shape index (κ1) is 13.9. The lowest BCUT2D eigenvalue weighted by Gasteiger charge is -2.12. The summed E-state index contributed by atoms with van der Waals surface area (Å²) in [6.07, 6.45) is 0.283. The summed E-state index contributed by atoms with van der Waals surface area (Å²) in [4.78, 5) is 11.5. The Morgan fingerprint density at radius 3 is 2.71 bits per heavy atom. The summed E-state index contributed by atoms with van der Waals surface area (Å²) >= 11 is 5.78. The van der Waals surface area contributed by atoms with E-state index in [0.29, 0.717) is 18.2 Å². The van der Waals surface area contributed by atoms with Gasteiger partial charge in [-0.2, -0.15) is 0 Å². The summed E-state index contributed by atoms with van der Waals surface area (Å²) in [6, 6.07) is 7.27. The van der Waals surface area contributed by atoms with Gasteiger partial charge in [-0.25, -0.2) is 0 Å². The summed E-state index contributed by atoms with van der Waals surface area (Å²) in [6.45, 7) is 4.92. The number of carbonyl (C=O) groups is 1. The fraction of sp³-hybridized carbons (Fsp3) is 0.308. The zero-order valence-electron chi connectivity index (χ0n) is 9.83. The molecule has 0 aliphatic rings. The van der Waals surface area contributed by atoms with E-state index in [0.717, 1.165) is 11.5 Å². The van der Waals surface area contributed by atoms with Gasteiger partial charge in [0.1, 0.15) is 5.56 Å². The Morgan fingerprint density at radius 1 is 1.47 bits per heavy atom. The van der Waals surface area contributed by atoms with Crippen molar-refractivity contribution in [2.45, 2.75) is 6.42 Å². The van der Waals surface area contributed by atoms with Crippen molar-refractivity contribution in [2.75, 3.05) is 20.3 Å². The molecule has 1 aromatic carbocycles. The van der Waals surface area contributed by atoms with Crippen LogP contribution in [-0.4, -0.2) is 26.2 Å². The van der Waals surface area contributed by atoms with Crippen LogP contribution in [0.15, 0.2) is 24.3 Å². The molecule has 0 saturated carbocycles. The van der Waals surface area contributed by atoms with Gasteiger partial charge < -0.3 is 10.1 Å². The molecular formula is C13H16ClNO2. The predicted octanol–water partition coefficient (Wildman–Crippen LogP) is 2.25. The molecule has 0 aliphatic heterocycles. The Balaban J connectivity index is 2.40. The third kappa shape index (κ3) is 5.11. The summed E-state index contributed by atoms with van der Waals surface area (Å²) in [5.74, 6) is 0.721. The molecule has 0 heterocycles. The van der Waals surface area contributed by atoms with E-state index < -0.39 is 0 Å².